The summed E-state index contributed by atoms with van der Waals surface area (Å²) in [4.78, 5) is 4.44. The van der Waals surface area contributed by atoms with Gasteiger partial charge in [-0.05, 0) is 38.2 Å². The number of aliphatic hydroxyl groups is 1. The van der Waals surface area contributed by atoms with Gasteiger partial charge in [0.1, 0.15) is 5.82 Å². The SMILES string of the molecule is CN1CCN(C)C(C(O)Cc2ccc(F)cc2)C1. The van der Waals surface area contributed by atoms with Crippen LogP contribution < -0.4 is 0 Å². The maximum atomic E-state index is 12.8. The van der Waals surface area contributed by atoms with Crippen molar-refractivity contribution >= 4 is 0 Å². The number of nitrogens with zero attached hydrogens (tertiary/aromatic N) is 2. The van der Waals surface area contributed by atoms with Crippen LogP contribution in [0.4, 0.5) is 4.39 Å². The zero-order valence-corrected chi connectivity index (χ0v) is 11.0. The quantitative estimate of drug-likeness (QED) is 0.868. The molecule has 1 saturated heterocycles. The second kappa shape index (κ2) is 5.78. The average molecular weight is 252 g/mol. The van der Waals surface area contributed by atoms with Gasteiger partial charge in [-0.15, -0.1) is 0 Å². The van der Waals surface area contributed by atoms with Gasteiger partial charge in [-0.25, -0.2) is 4.39 Å². The highest BCUT2D eigenvalue weighted by Crippen LogP contribution is 2.14. The largest absolute Gasteiger partial charge is 0.391 e. The van der Waals surface area contributed by atoms with E-state index in [-0.39, 0.29) is 11.9 Å². The zero-order chi connectivity index (χ0) is 13.1. The molecule has 1 heterocycles. The van der Waals surface area contributed by atoms with Gasteiger partial charge in [0, 0.05) is 25.7 Å². The van der Waals surface area contributed by atoms with E-state index in [2.05, 4.69) is 16.8 Å². The van der Waals surface area contributed by atoms with Crippen LogP contribution in [-0.4, -0.2) is 60.8 Å². The number of rotatable bonds is 3. The van der Waals surface area contributed by atoms with E-state index in [0.717, 1.165) is 25.2 Å². The molecule has 0 amide bonds. The molecule has 0 bridgehead atoms. The Kier molecular flexibility index (Phi) is 4.32. The molecule has 1 N–H and O–H groups in total. The van der Waals surface area contributed by atoms with Gasteiger partial charge in [0.05, 0.1) is 6.10 Å². The number of benzene rings is 1. The summed E-state index contributed by atoms with van der Waals surface area (Å²) < 4.78 is 12.8. The third-order valence-corrected chi connectivity index (χ3v) is 3.70. The van der Waals surface area contributed by atoms with Gasteiger partial charge < -0.3 is 10.0 Å². The Morgan fingerprint density at radius 1 is 1.28 bits per heavy atom. The van der Waals surface area contributed by atoms with E-state index in [1.54, 1.807) is 12.1 Å². The highest BCUT2D eigenvalue weighted by atomic mass is 19.1. The average Bonchev–Trinajstić information content (AvgIpc) is 2.35. The molecule has 0 aliphatic carbocycles. The van der Waals surface area contributed by atoms with Crippen LogP contribution in [0.3, 0.4) is 0 Å². The summed E-state index contributed by atoms with van der Waals surface area (Å²) in [6.07, 6.45) is 0.159. The fourth-order valence-corrected chi connectivity index (χ4v) is 2.46. The van der Waals surface area contributed by atoms with Gasteiger partial charge >= 0.3 is 0 Å². The Bertz CT molecular complexity index is 382. The second-order valence-electron chi connectivity index (χ2n) is 5.21. The third kappa shape index (κ3) is 3.28. The van der Waals surface area contributed by atoms with Crippen LogP contribution in [0.15, 0.2) is 24.3 Å². The highest BCUT2D eigenvalue weighted by molar-refractivity contribution is 5.17. The molecule has 2 rings (SSSR count). The van der Waals surface area contributed by atoms with Crippen molar-refractivity contribution in [2.75, 3.05) is 33.7 Å². The first-order chi connectivity index (χ1) is 8.56. The second-order valence-corrected chi connectivity index (χ2v) is 5.21. The third-order valence-electron chi connectivity index (χ3n) is 3.70. The maximum Gasteiger partial charge on any atom is 0.123 e. The summed E-state index contributed by atoms with van der Waals surface area (Å²) in [5.41, 5.74) is 0.977. The van der Waals surface area contributed by atoms with Crippen LogP contribution >= 0.6 is 0 Å². The van der Waals surface area contributed by atoms with Crippen LogP contribution in [0.5, 0.6) is 0 Å². The molecule has 3 nitrogen and oxygen atoms in total. The van der Waals surface area contributed by atoms with E-state index >= 15 is 0 Å². The molecule has 0 saturated carbocycles. The lowest BCUT2D eigenvalue weighted by molar-refractivity contribution is 0.0153. The predicted octanol–water partition coefficient (Wildman–Crippen LogP) is 0.975. The maximum absolute atomic E-state index is 12.8. The molecule has 18 heavy (non-hydrogen) atoms. The molecule has 1 fully saturated rings. The zero-order valence-electron chi connectivity index (χ0n) is 11.0. The molecular formula is C14H21FN2O. The van der Waals surface area contributed by atoms with Crippen LogP contribution in [0.25, 0.3) is 0 Å². The monoisotopic (exact) mass is 252 g/mol. The molecule has 4 heteroatoms. The van der Waals surface area contributed by atoms with Gasteiger partial charge in [0.15, 0.2) is 0 Å². The Balaban J connectivity index is 1.98. The van der Waals surface area contributed by atoms with E-state index in [9.17, 15) is 9.50 Å². The lowest BCUT2D eigenvalue weighted by Crippen LogP contribution is -2.55. The van der Waals surface area contributed by atoms with E-state index in [1.807, 2.05) is 7.05 Å². The van der Waals surface area contributed by atoms with E-state index in [0.29, 0.717) is 6.42 Å². The number of hydrogen-bond donors (Lipinski definition) is 1. The Hall–Kier alpha value is -0.970. The molecule has 1 aliphatic rings. The summed E-state index contributed by atoms with van der Waals surface area (Å²) >= 11 is 0. The normalized spacial score (nSPS) is 24.1. The fourth-order valence-electron chi connectivity index (χ4n) is 2.46. The van der Waals surface area contributed by atoms with E-state index < -0.39 is 6.10 Å². The predicted molar refractivity (Wildman–Crippen MR) is 70.0 cm³/mol. The fraction of sp³-hybridized carbons (Fsp3) is 0.571. The van der Waals surface area contributed by atoms with Gasteiger partial charge in [-0.2, -0.15) is 0 Å². The molecule has 1 aromatic rings. The summed E-state index contributed by atoms with van der Waals surface area (Å²) in [6.45, 7) is 2.89. The molecule has 1 aliphatic heterocycles. The van der Waals surface area contributed by atoms with E-state index in [1.165, 1.54) is 12.1 Å². The van der Waals surface area contributed by atoms with Crippen molar-refractivity contribution < 1.29 is 9.50 Å². The molecule has 2 unspecified atom stereocenters. The van der Waals surface area contributed by atoms with Crippen molar-refractivity contribution in [3.8, 4) is 0 Å². The summed E-state index contributed by atoms with van der Waals surface area (Å²) in [7, 11) is 4.12. The number of piperazine rings is 1. The smallest absolute Gasteiger partial charge is 0.123 e. The first-order valence-electron chi connectivity index (χ1n) is 6.37. The highest BCUT2D eigenvalue weighted by Gasteiger charge is 2.28. The molecule has 0 spiro atoms. The van der Waals surface area contributed by atoms with Crippen molar-refractivity contribution in [2.45, 2.75) is 18.6 Å². The minimum absolute atomic E-state index is 0.147. The van der Waals surface area contributed by atoms with Crippen molar-refractivity contribution in [1.82, 2.24) is 9.80 Å². The van der Waals surface area contributed by atoms with Gasteiger partial charge in [-0.3, -0.25) is 4.90 Å². The van der Waals surface area contributed by atoms with Crippen molar-refractivity contribution in [1.29, 1.82) is 0 Å². The van der Waals surface area contributed by atoms with Gasteiger partial charge in [-0.1, -0.05) is 12.1 Å². The Morgan fingerprint density at radius 2 is 1.94 bits per heavy atom. The minimum atomic E-state index is -0.414. The Morgan fingerprint density at radius 3 is 2.61 bits per heavy atom. The van der Waals surface area contributed by atoms with Gasteiger partial charge in [0.2, 0.25) is 0 Å². The molecular weight excluding hydrogens is 231 g/mol. The number of halogens is 1. The first-order valence-corrected chi connectivity index (χ1v) is 6.37. The van der Waals surface area contributed by atoms with Crippen molar-refractivity contribution in [2.24, 2.45) is 0 Å². The molecule has 2 atom stereocenters. The number of aliphatic hydroxyl groups excluding tert-OH is 1. The standard InChI is InChI=1S/C14H21FN2O/c1-16-7-8-17(2)13(10-16)14(18)9-11-3-5-12(15)6-4-11/h3-6,13-14,18H,7-10H2,1-2H3. The molecule has 0 radical (unpaired) electrons. The molecule has 0 aromatic heterocycles. The van der Waals surface area contributed by atoms with Gasteiger partial charge in [0.25, 0.3) is 0 Å². The van der Waals surface area contributed by atoms with Crippen LogP contribution in [0, 0.1) is 5.82 Å². The summed E-state index contributed by atoms with van der Waals surface area (Å²) in [5.74, 6) is -0.234. The summed E-state index contributed by atoms with van der Waals surface area (Å²) in [5, 5.41) is 10.3. The number of likely N-dealkylation sites (N-methyl/N-ethyl adjacent to an activating group) is 2. The van der Waals surface area contributed by atoms with Crippen molar-refractivity contribution in [3.63, 3.8) is 0 Å². The number of hydrogen-bond acceptors (Lipinski definition) is 3. The summed E-state index contributed by atoms with van der Waals surface area (Å²) in [6, 6.07) is 6.52. The lowest BCUT2D eigenvalue weighted by Gasteiger charge is -2.40. The van der Waals surface area contributed by atoms with Crippen LogP contribution in [0.2, 0.25) is 0 Å². The lowest BCUT2D eigenvalue weighted by atomic mass is 9.99. The molecule has 100 valence electrons. The topological polar surface area (TPSA) is 26.7 Å². The van der Waals surface area contributed by atoms with Crippen LogP contribution in [-0.2, 0) is 6.42 Å². The first kappa shape index (κ1) is 13.5. The minimum Gasteiger partial charge on any atom is -0.391 e. The Labute approximate surface area is 108 Å². The van der Waals surface area contributed by atoms with Crippen LogP contribution in [0.1, 0.15) is 5.56 Å². The van der Waals surface area contributed by atoms with Crippen molar-refractivity contribution in [3.05, 3.63) is 35.6 Å². The molecule has 1 aromatic carbocycles. The van der Waals surface area contributed by atoms with E-state index in [4.69, 9.17) is 0 Å².